The van der Waals surface area contributed by atoms with Crippen LogP contribution in [0.3, 0.4) is 0 Å². The minimum atomic E-state index is -1.03. The molecule has 2 aromatic heterocycles. The second kappa shape index (κ2) is 5.72. The number of anilines is 1. The molecule has 2 rings (SSSR count). The van der Waals surface area contributed by atoms with E-state index in [2.05, 4.69) is 15.3 Å². The van der Waals surface area contributed by atoms with Crippen LogP contribution in [0.15, 0.2) is 17.7 Å². The number of aliphatic carboxylic acids is 1. The van der Waals surface area contributed by atoms with Gasteiger partial charge in [-0.3, -0.25) is 10.1 Å². The van der Waals surface area contributed by atoms with Crippen LogP contribution in [0.25, 0.3) is 6.08 Å². The quantitative estimate of drug-likeness (QED) is 0.844. The molecule has 1 amide bonds. The first kappa shape index (κ1) is 13.4. The molecule has 0 bridgehead atoms. The molecular formula is C11H9N3O3S2. The Hall–Kier alpha value is -2.06. The van der Waals surface area contributed by atoms with Crippen molar-refractivity contribution in [3.8, 4) is 0 Å². The Balaban J connectivity index is 2.04. The van der Waals surface area contributed by atoms with Crippen LogP contribution in [-0.2, 0) is 4.79 Å². The molecule has 0 aliphatic heterocycles. The molecule has 8 heteroatoms. The Kier molecular flexibility index (Phi) is 4.03. The summed E-state index contributed by atoms with van der Waals surface area (Å²) >= 11 is 2.58. The first-order chi connectivity index (χ1) is 9.04. The average Bonchev–Trinajstić information content (AvgIpc) is 2.95. The number of aromatic nitrogens is 2. The predicted octanol–water partition coefficient (Wildman–Crippen LogP) is 2.26. The van der Waals surface area contributed by atoms with E-state index in [0.717, 1.165) is 11.1 Å². The number of amides is 1. The monoisotopic (exact) mass is 295 g/mol. The number of carbonyl (C=O) groups excluding carboxylic acids is 1. The van der Waals surface area contributed by atoms with Crippen molar-refractivity contribution in [3.63, 3.8) is 0 Å². The fourth-order valence-corrected chi connectivity index (χ4v) is 2.51. The lowest BCUT2D eigenvalue weighted by Gasteiger charge is -1.96. The summed E-state index contributed by atoms with van der Waals surface area (Å²) < 4.78 is 0. The Bertz CT molecular complexity index is 645. The van der Waals surface area contributed by atoms with Gasteiger partial charge in [0.05, 0.1) is 5.01 Å². The van der Waals surface area contributed by atoms with Crippen LogP contribution >= 0.6 is 22.7 Å². The third-order valence-corrected chi connectivity index (χ3v) is 3.64. The number of carboxylic acid groups (broad SMARTS) is 1. The molecule has 6 nitrogen and oxygen atoms in total. The average molecular weight is 295 g/mol. The van der Waals surface area contributed by atoms with Gasteiger partial charge in [0.2, 0.25) is 0 Å². The molecular weight excluding hydrogens is 286 g/mol. The van der Waals surface area contributed by atoms with Crippen LogP contribution in [-0.4, -0.2) is 27.0 Å². The molecule has 0 saturated carbocycles. The van der Waals surface area contributed by atoms with Gasteiger partial charge in [0.15, 0.2) is 5.13 Å². The van der Waals surface area contributed by atoms with E-state index in [1.54, 1.807) is 5.38 Å². The van der Waals surface area contributed by atoms with Crippen LogP contribution in [0.4, 0.5) is 5.13 Å². The third-order valence-electron chi connectivity index (χ3n) is 1.99. The zero-order valence-corrected chi connectivity index (χ0v) is 11.4. The molecule has 0 atom stereocenters. The topological polar surface area (TPSA) is 92.2 Å². The lowest BCUT2D eigenvalue weighted by Crippen LogP contribution is -2.11. The van der Waals surface area contributed by atoms with Crippen LogP contribution in [0.5, 0.6) is 0 Å². The lowest BCUT2D eigenvalue weighted by atomic mass is 10.4. The highest BCUT2D eigenvalue weighted by atomic mass is 32.1. The highest BCUT2D eigenvalue weighted by Gasteiger charge is 2.11. The number of carboxylic acids is 1. The van der Waals surface area contributed by atoms with E-state index in [-0.39, 0.29) is 5.91 Å². The Morgan fingerprint density at radius 3 is 2.89 bits per heavy atom. The molecule has 0 unspecified atom stereocenters. The standard InChI is InChI=1S/C11H9N3O3S2/c1-6-13-8(5-18-6)10(17)14-11-12-4-7(19-11)2-3-9(15)16/h2-5H,1H3,(H,15,16)(H,12,14,17)/b3-2+. The van der Waals surface area contributed by atoms with Gasteiger partial charge in [-0.05, 0) is 13.0 Å². The van der Waals surface area contributed by atoms with E-state index in [0.29, 0.717) is 15.7 Å². The lowest BCUT2D eigenvalue weighted by molar-refractivity contribution is -0.131. The number of aryl methyl sites for hydroxylation is 1. The first-order valence-corrected chi connectivity index (χ1v) is 6.84. The number of nitrogens with zero attached hydrogens (tertiary/aromatic N) is 2. The van der Waals surface area contributed by atoms with Gasteiger partial charge >= 0.3 is 5.97 Å². The molecule has 0 saturated heterocycles. The van der Waals surface area contributed by atoms with Crippen molar-refractivity contribution in [2.24, 2.45) is 0 Å². The molecule has 98 valence electrons. The maximum Gasteiger partial charge on any atom is 0.328 e. The van der Waals surface area contributed by atoms with E-state index >= 15 is 0 Å². The SMILES string of the molecule is Cc1nc(C(=O)Nc2ncc(/C=C/C(=O)O)s2)cs1. The molecule has 0 aromatic carbocycles. The molecule has 0 aliphatic rings. The van der Waals surface area contributed by atoms with Crippen LogP contribution in [0.2, 0.25) is 0 Å². The minimum absolute atomic E-state index is 0.326. The van der Waals surface area contributed by atoms with Gasteiger partial charge in [0.25, 0.3) is 5.91 Å². The van der Waals surface area contributed by atoms with Crippen molar-refractivity contribution >= 4 is 45.8 Å². The van der Waals surface area contributed by atoms with E-state index in [1.165, 1.54) is 34.9 Å². The summed E-state index contributed by atoms with van der Waals surface area (Å²) in [5.41, 5.74) is 0.348. The smallest absolute Gasteiger partial charge is 0.328 e. The van der Waals surface area contributed by atoms with Gasteiger partial charge in [-0.1, -0.05) is 11.3 Å². The fourth-order valence-electron chi connectivity index (χ4n) is 1.20. The van der Waals surface area contributed by atoms with Gasteiger partial charge in [0, 0.05) is 22.5 Å². The molecule has 0 fully saturated rings. The second-order valence-electron chi connectivity index (χ2n) is 3.45. The molecule has 0 radical (unpaired) electrons. The largest absolute Gasteiger partial charge is 0.478 e. The number of nitrogens with one attached hydrogen (secondary N) is 1. The summed E-state index contributed by atoms with van der Waals surface area (Å²) in [7, 11) is 0. The minimum Gasteiger partial charge on any atom is -0.478 e. The Morgan fingerprint density at radius 2 is 2.26 bits per heavy atom. The third kappa shape index (κ3) is 3.70. The molecule has 19 heavy (non-hydrogen) atoms. The summed E-state index contributed by atoms with van der Waals surface area (Å²) in [6.07, 6.45) is 3.93. The maximum atomic E-state index is 11.8. The molecule has 0 aliphatic carbocycles. The Morgan fingerprint density at radius 1 is 1.47 bits per heavy atom. The van der Waals surface area contributed by atoms with E-state index in [9.17, 15) is 9.59 Å². The van der Waals surface area contributed by atoms with E-state index < -0.39 is 5.97 Å². The van der Waals surface area contributed by atoms with Crippen molar-refractivity contribution in [1.29, 1.82) is 0 Å². The van der Waals surface area contributed by atoms with Crippen molar-refractivity contribution in [2.75, 3.05) is 5.32 Å². The fraction of sp³-hybridized carbons (Fsp3) is 0.0909. The zero-order valence-electron chi connectivity index (χ0n) is 9.78. The summed E-state index contributed by atoms with van der Waals surface area (Å²) in [5.74, 6) is -1.36. The Labute approximate surface area is 116 Å². The normalized spacial score (nSPS) is 10.8. The molecule has 2 aromatic rings. The molecule has 0 spiro atoms. The van der Waals surface area contributed by atoms with Crippen LogP contribution in [0.1, 0.15) is 20.4 Å². The second-order valence-corrected chi connectivity index (χ2v) is 5.57. The molecule has 2 N–H and O–H groups in total. The van der Waals surface area contributed by atoms with Crippen molar-refractivity contribution in [2.45, 2.75) is 6.92 Å². The number of hydrogen-bond acceptors (Lipinski definition) is 6. The predicted molar refractivity (Wildman–Crippen MR) is 73.6 cm³/mol. The highest BCUT2D eigenvalue weighted by Crippen LogP contribution is 2.20. The summed E-state index contributed by atoms with van der Waals surface area (Å²) in [6, 6.07) is 0. The van der Waals surface area contributed by atoms with Gasteiger partial charge < -0.3 is 5.11 Å². The first-order valence-electron chi connectivity index (χ1n) is 5.15. The van der Waals surface area contributed by atoms with Gasteiger partial charge in [-0.25, -0.2) is 14.8 Å². The van der Waals surface area contributed by atoms with Gasteiger partial charge in [-0.2, -0.15) is 0 Å². The van der Waals surface area contributed by atoms with Gasteiger partial charge in [0.1, 0.15) is 5.69 Å². The number of carbonyl (C=O) groups is 2. The van der Waals surface area contributed by atoms with Gasteiger partial charge in [-0.15, -0.1) is 11.3 Å². The maximum absolute atomic E-state index is 11.8. The van der Waals surface area contributed by atoms with Crippen LogP contribution in [0, 0.1) is 6.92 Å². The number of thiazole rings is 2. The summed E-state index contributed by atoms with van der Waals surface area (Å²) in [5, 5.41) is 14.0. The number of rotatable bonds is 4. The number of hydrogen-bond donors (Lipinski definition) is 2. The molecule has 2 heterocycles. The van der Waals surface area contributed by atoms with Crippen molar-refractivity contribution in [1.82, 2.24) is 9.97 Å². The van der Waals surface area contributed by atoms with Crippen LogP contribution < -0.4 is 5.32 Å². The van der Waals surface area contributed by atoms with Crippen molar-refractivity contribution < 1.29 is 14.7 Å². The highest BCUT2D eigenvalue weighted by molar-refractivity contribution is 7.16. The van der Waals surface area contributed by atoms with E-state index in [1.807, 2.05) is 6.92 Å². The summed E-state index contributed by atoms with van der Waals surface area (Å²) in [4.78, 5) is 30.9. The van der Waals surface area contributed by atoms with Crippen molar-refractivity contribution in [3.05, 3.63) is 33.2 Å². The zero-order chi connectivity index (χ0) is 13.8. The van der Waals surface area contributed by atoms with E-state index in [4.69, 9.17) is 5.11 Å². The summed E-state index contributed by atoms with van der Waals surface area (Å²) in [6.45, 7) is 1.82.